The summed E-state index contributed by atoms with van der Waals surface area (Å²) < 4.78 is 5.33. The molecule has 0 aliphatic carbocycles. The molecule has 1 heterocycles. The standard InChI is InChI=1S/C22H21NO4/c24-19-7-5-14(6-8-19)15-1-2-17-12-18(4-3-16(17)11-15)22(26)23-20-13-27-10-9-21(20)25/h1-8,11-12,20-21,24-25H,9-10,13H2,(H,23,26)/t20-,21+/m1/s1. The predicted molar refractivity (Wildman–Crippen MR) is 104 cm³/mol. The lowest BCUT2D eigenvalue weighted by Crippen LogP contribution is -2.49. The van der Waals surface area contributed by atoms with Gasteiger partial charge in [-0.3, -0.25) is 4.79 Å². The smallest absolute Gasteiger partial charge is 0.251 e. The maximum absolute atomic E-state index is 12.5. The molecule has 0 aromatic heterocycles. The van der Waals surface area contributed by atoms with E-state index in [1.54, 1.807) is 18.2 Å². The first-order valence-corrected chi connectivity index (χ1v) is 9.00. The van der Waals surface area contributed by atoms with Gasteiger partial charge in [0.05, 0.1) is 18.8 Å². The lowest BCUT2D eigenvalue weighted by Gasteiger charge is -2.28. The summed E-state index contributed by atoms with van der Waals surface area (Å²) in [6.07, 6.45) is -0.0427. The Balaban J connectivity index is 1.56. The topological polar surface area (TPSA) is 78.8 Å². The van der Waals surface area contributed by atoms with Crippen LogP contribution in [0.1, 0.15) is 16.8 Å². The van der Waals surface area contributed by atoms with E-state index in [2.05, 4.69) is 11.4 Å². The van der Waals surface area contributed by atoms with Crippen molar-refractivity contribution in [2.75, 3.05) is 13.2 Å². The quantitative estimate of drug-likeness (QED) is 0.668. The van der Waals surface area contributed by atoms with Crippen molar-refractivity contribution in [1.82, 2.24) is 5.32 Å². The van der Waals surface area contributed by atoms with E-state index in [1.165, 1.54) is 0 Å². The highest BCUT2D eigenvalue weighted by Gasteiger charge is 2.25. The lowest BCUT2D eigenvalue weighted by atomic mass is 9.99. The van der Waals surface area contributed by atoms with Crippen LogP contribution in [0.2, 0.25) is 0 Å². The number of amides is 1. The summed E-state index contributed by atoms with van der Waals surface area (Å²) in [6, 6.07) is 18.3. The van der Waals surface area contributed by atoms with Crippen molar-refractivity contribution in [1.29, 1.82) is 0 Å². The van der Waals surface area contributed by atoms with Crippen molar-refractivity contribution < 1.29 is 19.7 Å². The van der Waals surface area contributed by atoms with E-state index >= 15 is 0 Å². The molecule has 1 aliphatic heterocycles. The van der Waals surface area contributed by atoms with Gasteiger partial charge in [0, 0.05) is 12.2 Å². The number of carbonyl (C=O) groups excluding carboxylic acids is 1. The molecule has 1 amide bonds. The second-order valence-electron chi connectivity index (χ2n) is 6.83. The Morgan fingerprint density at radius 1 is 0.963 bits per heavy atom. The van der Waals surface area contributed by atoms with E-state index in [0.717, 1.165) is 21.9 Å². The maximum Gasteiger partial charge on any atom is 0.251 e. The third kappa shape index (κ3) is 3.79. The van der Waals surface area contributed by atoms with E-state index in [-0.39, 0.29) is 17.7 Å². The highest BCUT2D eigenvalue weighted by Crippen LogP contribution is 2.26. The van der Waals surface area contributed by atoms with Gasteiger partial charge in [-0.05, 0) is 58.7 Å². The van der Waals surface area contributed by atoms with E-state index < -0.39 is 6.10 Å². The number of nitrogens with one attached hydrogen (secondary N) is 1. The number of phenolic OH excluding ortho intramolecular Hbond substituents is 1. The molecule has 5 nitrogen and oxygen atoms in total. The molecule has 4 rings (SSSR count). The van der Waals surface area contributed by atoms with Crippen LogP contribution in [0.15, 0.2) is 60.7 Å². The molecule has 1 fully saturated rings. The van der Waals surface area contributed by atoms with Crippen molar-refractivity contribution in [3.05, 3.63) is 66.2 Å². The van der Waals surface area contributed by atoms with Gasteiger partial charge >= 0.3 is 0 Å². The van der Waals surface area contributed by atoms with Crippen LogP contribution in [0.3, 0.4) is 0 Å². The zero-order valence-electron chi connectivity index (χ0n) is 14.8. The van der Waals surface area contributed by atoms with Crippen LogP contribution in [-0.2, 0) is 4.74 Å². The summed E-state index contributed by atoms with van der Waals surface area (Å²) in [7, 11) is 0. The average molecular weight is 363 g/mol. The summed E-state index contributed by atoms with van der Waals surface area (Å²) >= 11 is 0. The molecule has 0 spiro atoms. The summed E-state index contributed by atoms with van der Waals surface area (Å²) in [6.45, 7) is 0.851. The van der Waals surface area contributed by atoms with Crippen molar-refractivity contribution in [2.24, 2.45) is 0 Å². The zero-order valence-corrected chi connectivity index (χ0v) is 14.8. The highest BCUT2D eigenvalue weighted by atomic mass is 16.5. The van der Waals surface area contributed by atoms with Gasteiger partial charge in [0.1, 0.15) is 5.75 Å². The molecule has 1 aliphatic rings. The first-order chi connectivity index (χ1) is 13.1. The number of aromatic hydroxyl groups is 1. The molecular weight excluding hydrogens is 342 g/mol. The predicted octanol–water partition coefficient (Wildman–Crippen LogP) is 3.09. The average Bonchev–Trinajstić information content (AvgIpc) is 2.69. The summed E-state index contributed by atoms with van der Waals surface area (Å²) in [4.78, 5) is 12.5. The van der Waals surface area contributed by atoms with Gasteiger partial charge < -0.3 is 20.3 Å². The van der Waals surface area contributed by atoms with Crippen LogP contribution < -0.4 is 5.32 Å². The molecule has 5 heteroatoms. The zero-order chi connectivity index (χ0) is 18.8. The second kappa shape index (κ2) is 7.39. The largest absolute Gasteiger partial charge is 0.508 e. The Hall–Kier alpha value is -2.89. The Kier molecular flexibility index (Phi) is 4.79. The van der Waals surface area contributed by atoms with Crippen LogP contribution in [0, 0.1) is 0 Å². The highest BCUT2D eigenvalue weighted by molar-refractivity contribution is 5.99. The number of hydrogen-bond acceptors (Lipinski definition) is 4. The normalized spacial score (nSPS) is 19.7. The molecule has 0 saturated carbocycles. The van der Waals surface area contributed by atoms with E-state index in [9.17, 15) is 15.0 Å². The molecule has 0 radical (unpaired) electrons. The molecular formula is C22H21NO4. The molecule has 3 N–H and O–H groups in total. The summed E-state index contributed by atoms with van der Waals surface area (Å²) in [5.74, 6) is 0.0257. The molecule has 2 atom stereocenters. The van der Waals surface area contributed by atoms with Gasteiger partial charge in [-0.1, -0.05) is 30.3 Å². The number of aliphatic hydroxyl groups excluding tert-OH is 1. The first-order valence-electron chi connectivity index (χ1n) is 9.00. The van der Waals surface area contributed by atoms with Gasteiger partial charge in [0.25, 0.3) is 5.91 Å². The van der Waals surface area contributed by atoms with E-state index in [1.807, 2.05) is 36.4 Å². The van der Waals surface area contributed by atoms with Gasteiger partial charge in [0.2, 0.25) is 0 Å². The first kappa shape index (κ1) is 17.5. The van der Waals surface area contributed by atoms with E-state index in [0.29, 0.717) is 25.2 Å². The Bertz CT molecular complexity index is 968. The van der Waals surface area contributed by atoms with Gasteiger partial charge in [-0.15, -0.1) is 0 Å². The number of phenols is 1. The lowest BCUT2D eigenvalue weighted by molar-refractivity contribution is -0.0140. The molecule has 138 valence electrons. The number of aliphatic hydroxyl groups is 1. The molecule has 1 saturated heterocycles. The fourth-order valence-electron chi connectivity index (χ4n) is 3.34. The Morgan fingerprint density at radius 2 is 1.67 bits per heavy atom. The number of hydrogen-bond donors (Lipinski definition) is 3. The van der Waals surface area contributed by atoms with Crippen molar-refractivity contribution in [3.63, 3.8) is 0 Å². The maximum atomic E-state index is 12.5. The Morgan fingerprint density at radius 3 is 2.44 bits per heavy atom. The van der Waals surface area contributed by atoms with Crippen molar-refractivity contribution in [2.45, 2.75) is 18.6 Å². The fraction of sp³-hybridized carbons (Fsp3) is 0.227. The number of fused-ring (bicyclic) bond motifs is 1. The van der Waals surface area contributed by atoms with Crippen LogP contribution in [0.25, 0.3) is 21.9 Å². The number of carbonyl (C=O) groups is 1. The number of rotatable bonds is 3. The van der Waals surface area contributed by atoms with Crippen molar-refractivity contribution >= 4 is 16.7 Å². The SMILES string of the molecule is O=C(N[C@@H]1COCC[C@@H]1O)c1ccc2cc(-c3ccc(O)cc3)ccc2c1. The fourth-order valence-corrected chi connectivity index (χ4v) is 3.34. The van der Waals surface area contributed by atoms with Gasteiger partial charge in [-0.2, -0.15) is 0 Å². The van der Waals surface area contributed by atoms with Gasteiger partial charge in [-0.25, -0.2) is 0 Å². The summed E-state index contributed by atoms with van der Waals surface area (Å²) in [5.41, 5.74) is 2.61. The molecule has 0 unspecified atom stereocenters. The van der Waals surface area contributed by atoms with Crippen LogP contribution in [0.5, 0.6) is 5.75 Å². The van der Waals surface area contributed by atoms with Crippen LogP contribution in [0.4, 0.5) is 0 Å². The minimum absolute atomic E-state index is 0.214. The third-order valence-corrected chi connectivity index (χ3v) is 4.94. The minimum atomic E-state index is -0.573. The molecule has 3 aromatic carbocycles. The van der Waals surface area contributed by atoms with Crippen LogP contribution >= 0.6 is 0 Å². The molecule has 27 heavy (non-hydrogen) atoms. The number of benzene rings is 3. The molecule has 0 bridgehead atoms. The monoisotopic (exact) mass is 363 g/mol. The van der Waals surface area contributed by atoms with Crippen molar-refractivity contribution in [3.8, 4) is 16.9 Å². The minimum Gasteiger partial charge on any atom is -0.508 e. The molecule has 3 aromatic rings. The summed E-state index contributed by atoms with van der Waals surface area (Å²) in [5, 5.41) is 24.3. The van der Waals surface area contributed by atoms with Gasteiger partial charge in [0.15, 0.2) is 0 Å². The Labute approximate surface area is 157 Å². The number of ether oxygens (including phenoxy) is 1. The van der Waals surface area contributed by atoms with Crippen LogP contribution in [-0.4, -0.2) is 41.5 Å². The third-order valence-electron chi connectivity index (χ3n) is 4.94. The second-order valence-corrected chi connectivity index (χ2v) is 6.83. The van der Waals surface area contributed by atoms with E-state index in [4.69, 9.17) is 4.74 Å².